The number of anilines is 1. The van der Waals surface area contributed by atoms with E-state index in [4.69, 9.17) is 4.74 Å². The van der Waals surface area contributed by atoms with Crippen molar-refractivity contribution in [2.24, 2.45) is 0 Å². The maximum Gasteiger partial charge on any atom is 0.242 e. The molecule has 0 spiro atoms. The van der Waals surface area contributed by atoms with E-state index in [1.54, 1.807) is 36.1 Å². The summed E-state index contributed by atoms with van der Waals surface area (Å²) in [7, 11) is -2.01. The number of benzene rings is 2. The molecular weight excluding hydrogens is 534 g/mol. The van der Waals surface area contributed by atoms with Crippen molar-refractivity contribution < 1.29 is 22.7 Å². The van der Waals surface area contributed by atoms with Gasteiger partial charge in [-0.15, -0.1) is 0 Å². The van der Waals surface area contributed by atoms with Gasteiger partial charge in [0, 0.05) is 30.0 Å². The van der Waals surface area contributed by atoms with Gasteiger partial charge in [0.15, 0.2) is 0 Å². The summed E-state index contributed by atoms with van der Waals surface area (Å²) in [6.45, 7) is 5.84. The van der Waals surface area contributed by atoms with Gasteiger partial charge < -0.3 is 15.0 Å². The highest BCUT2D eigenvalue weighted by molar-refractivity contribution is 9.10. The molecule has 0 bridgehead atoms. The summed E-state index contributed by atoms with van der Waals surface area (Å²) in [4.78, 5) is 27.5. The Morgan fingerprint density at radius 2 is 1.63 bits per heavy atom. The first-order valence-electron chi connectivity index (χ1n) is 11.4. The molecule has 35 heavy (non-hydrogen) atoms. The lowest BCUT2D eigenvalue weighted by molar-refractivity contribution is -0.140. The van der Waals surface area contributed by atoms with Gasteiger partial charge in [-0.2, -0.15) is 0 Å². The molecule has 1 unspecified atom stereocenters. The number of hydrogen-bond donors (Lipinski definition) is 1. The Bertz CT molecular complexity index is 1090. The van der Waals surface area contributed by atoms with E-state index in [1.807, 2.05) is 38.1 Å². The molecule has 0 heterocycles. The summed E-state index contributed by atoms with van der Waals surface area (Å²) < 4.78 is 32.1. The van der Waals surface area contributed by atoms with Crippen molar-refractivity contribution in [2.45, 2.75) is 52.2 Å². The fourth-order valence-electron chi connectivity index (χ4n) is 3.53. The number of nitrogens with one attached hydrogen (secondary N) is 1. The van der Waals surface area contributed by atoms with Crippen LogP contribution in [0.1, 0.15) is 39.2 Å². The topological polar surface area (TPSA) is 96.0 Å². The number of amides is 2. The van der Waals surface area contributed by atoms with Crippen molar-refractivity contribution in [3.8, 4) is 5.75 Å². The Kier molecular flexibility index (Phi) is 10.6. The minimum atomic E-state index is -3.55. The number of ether oxygens (including phenoxy) is 1. The molecular formula is C25H34BrN3O5S. The summed E-state index contributed by atoms with van der Waals surface area (Å²) in [5.41, 5.74) is 1.39. The van der Waals surface area contributed by atoms with Crippen molar-refractivity contribution in [1.29, 1.82) is 0 Å². The molecule has 2 aromatic carbocycles. The SMILES string of the molecule is COc1ccc(N(CCCC(=O)N(Cc2ccc(Br)cc2)C(C)C(=O)NC(C)C)S(C)(=O)=O)cc1. The molecule has 10 heteroatoms. The number of carbonyl (C=O) groups excluding carboxylic acids is 2. The molecule has 0 aliphatic rings. The third kappa shape index (κ3) is 8.85. The number of methoxy groups -OCH3 is 1. The molecule has 1 N–H and O–H groups in total. The van der Waals surface area contributed by atoms with Crippen LogP contribution in [0.2, 0.25) is 0 Å². The monoisotopic (exact) mass is 567 g/mol. The third-order valence-electron chi connectivity index (χ3n) is 5.38. The fraction of sp³-hybridized carbons (Fsp3) is 0.440. The summed E-state index contributed by atoms with van der Waals surface area (Å²) in [6, 6.07) is 13.5. The third-order valence-corrected chi connectivity index (χ3v) is 7.10. The smallest absolute Gasteiger partial charge is 0.242 e. The average molecular weight is 569 g/mol. The minimum absolute atomic E-state index is 0.0533. The van der Waals surface area contributed by atoms with Gasteiger partial charge in [-0.05, 0) is 69.2 Å². The molecule has 0 saturated carbocycles. The number of halogens is 1. The second-order valence-electron chi connectivity index (χ2n) is 8.62. The normalized spacial score (nSPS) is 12.2. The average Bonchev–Trinajstić information content (AvgIpc) is 2.79. The molecule has 0 aliphatic carbocycles. The summed E-state index contributed by atoms with van der Waals surface area (Å²) in [5, 5.41) is 2.86. The van der Waals surface area contributed by atoms with Crippen LogP contribution in [0.25, 0.3) is 0 Å². The number of rotatable bonds is 12. The predicted octanol–water partition coefficient (Wildman–Crippen LogP) is 3.95. The Labute approximate surface area is 216 Å². The molecule has 1 atom stereocenters. The van der Waals surface area contributed by atoms with E-state index in [-0.39, 0.29) is 37.4 Å². The molecule has 0 aliphatic heterocycles. The van der Waals surface area contributed by atoms with E-state index in [0.29, 0.717) is 17.9 Å². The van der Waals surface area contributed by atoms with Crippen molar-refractivity contribution in [1.82, 2.24) is 10.2 Å². The molecule has 2 amide bonds. The lowest BCUT2D eigenvalue weighted by atomic mass is 10.1. The fourth-order valence-corrected chi connectivity index (χ4v) is 4.76. The molecule has 0 fully saturated rings. The van der Waals surface area contributed by atoms with Crippen molar-refractivity contribution >= 4 is 43.5 Å². The highest BCUT2D eigenvalue weighted by atomic mass is 79.9. The summed E-state index contributed by atoms with van der Waals surface area (Å²) in [5.74, 6) is 0.165. The second kappa shape index (κ2) is 12.9. The molecule has 0 saturated heterocycles. The van der Waals surface area contributed by atoms with E-state index in [2.05, 4.69) is 21.2 Å². The van der Waals surface area contributed by atoms with Gasteiger partial charge in [0.2, 0.25) is 21.8 Å². The molecule has 2 aromatic rings. The standard InChI is InChI=1S/C25H34BrN3O5S/c1-18(2)27-25(31)19(3)28(17-20-8-10-21(26)11-9-20)24(30)7-6-16-29(35(5,32)33)22-12-14-23(34-4)15-13-22/h8-15,18-19H,6-7,16-17H2,1-5H3,(H,27,31). The first-order valence-corrected chi connectivity index (χ1v) is 14.0. The van der Waals surface area contributed by atoms with E-state index >= 15 is 0 Å². The van der Waals surface area contributed by atoms with Crippen molar-refractivity contribution in [3.63, 3.8) is 0 Å². The van der Waals surface area contributed by atoms with Gasteiger partial charge in [0.1, 0.15) is 11.8 Å². The van der Waals surface area contributed by atoms with Crippen LogP contribution < -0.4 is 14.4 Å². The minimum Gasteiger partial charge on any atom is -0.497 e. The van der Waals surface area contributed by atoms with Crippen LogP contribution in [0.15, 0.2) is 53.0 Å². The van der Waals surface area contributed by atoms with Gasteiger partial charge >= 0.3 is 0 Å². The van der Waals surface area contributed by atoms with Crippen molar-refractivity contribution in [2.75, 3.05) is 24.2 Å². The van der Waals surface area contributed by atoms with E-state index in [1.165, 1.54) is 11.4 Å². The number of sulfonamides is 1. The molecule has 2 rings (SSSR count). The lowest BCUT2D eigenvalue weighted by Crippen LogP contribution is -2.49. The van der Waals surface area contributed by atoms with E-state index in [9.17, 15) is 18.0 Å². The number of carbonyl (C=O) groups is 2. The molecule has 192 valence electrons. The molecule has 0 aromatic heterocycles. The van der Waals surface area contributed by atoms with Gasteiger partial charge in [0.05, 0.1) is 19.1 Å². The van der Waals surface area contributed by atoms with Crippen molar-refractivity contribution in [3.05, 3.63) is 58.6 Å². The van der Waals surface area contributed by atoms with Crippen LogP contribution in [0.4, 0.5) is 5.69 Å². The zero-order valence-electron chi connectivity index (χ0n) is 20.8. The van der Waals surface area contributed by atoms with Crippen LogP contribution in [-0.4, -0.2) is 57.1 Å². The van der Waals surface area contributed by atoms with E-state index < -0.39 is 16.1 Å². The Balaban J connectivity index is 2.15. The largest absolute Gasteiger partial charge is 0.497 e. The summed E-state index contributed by atoms with van der Waals surface area (Å²) in [6.07, 6.45) is 1.53. The lowest BCUT2D eigenvalue weighted by Gasteiger charge is -2.30. The first kappa shape index (κ1) is 28.6. The highest BCUT2D eigenvalue weighted by Crippen LogP contribution is 2.22. The van der Waals surface area contributed by atoms with Crippen LogP contribution in [-0.2, 0) is 26.2 Å². The van der Waals surface area contributed by atoms with Gasteiger partial charge in [-0.1, -0.05) is 28.1 Å². The Morgan fingerprint density at radius 1 is 1.03 bits per heavy atom. The van der Waals surface area contributed by atoms with Gasteiger partial charge in [-0.25, -0.2) is 8.42 Å². The van der Waals surface area contributed by atoms with Crippen LogP contribution in [0.3, 0.4) is 0 Å². The Hall–Kier alpha value is -2.59. The maximum absolute atomic E-state index is 13.2. The summed E-state index contributed by atoms with van der Waals surface area (Å²) >= 11 is 3.41. The van der Waals surface area contributed by atoms with Crippen LogP contribution in [0.5, 0.6) is 5.75 Å². The zero-order chi connectivity index (χ0) is 26.2. The molecule has 0 radical (unpaired) electrons. The first-order chi connectivity index (χ1) is 16.4. The van der Waals surface area contributed by atoms with Crippen LogP contribution >= 0.6 is 15.9 Å². The maximum atomic E-state index is 13.2. The quantitative estimate of drug-likeness (QED) is 0.419. The highest BCUT2D eigenvalue weighted by Gasteiger charge is 2.27. The van der Waals surface area contributed by atoms with E-state index in [0.717, 1.165) is 16.3 Å². The number of hydrogen-bond acceptors (Lipinski definition) is 5. The van der Waals surface area contributed by atoms with Gasteiger partial charge in [0.25, 0.3) is 0 Å². The molecule has 8 nitrogen and oxygen atoms in total. The Morgan fingerprint density at radius 3 is 2.14 bits per heavy atom. The second-order valence-corrected chi connectivity index (χ2v) is 11.4. The van der Waals surface area contributed by atoms with Gasteiger partial charge in [-0.3, -0.25) is 13.9 Å². The zero-order valence-corrected chi connectivity index (χ0v) is 23.2. The predicted molar refractivity (Wildman–Crippen MR) is 142 cm³/mol. The number of nitrogens with zero attached hydrogens (tertiary/aromatic N) is 2. The van der Waals surface area contributed by atoms with Crippen LogP contribution in [0, 0.1) is 0 Å².